The van der Waals surface area contributed by atoms with E-state index >= 15 is 0 Å². The molecule has 0 saturated carbocycles. The van der Waals surface area contributed by atoms with Crippen LogP contribution in [-0.4, -0.2) is 37.6 Å². The van der Waals surface area contributed by atoms with Crippen molar-refractivity contribution in [2.24, 2.45) is 0 Å². The number of hydrogen-bond donors (Lipinski definition) is 0. The number of benzene rings is 1. The second-order valence-corrected chi connectivity index (χ2v) is 6.44. The molecule has 3 nitrogen and oxygen atoms in total. The SMILES string of the molecule is Cc1ccc([C@H](C)CCN2CCN(c3ccc(F)cc3)CC2)o1. The fourth-order valence-corrected chi connectivity index (χ4v) is 3.12. The van der Waals surface area contributed by atoms with E-state index in [9.17, 15) is 4.39 Å². The molecule has 0 unspecified atom stereocenters. The molecule has 1 aromatic heterocycles. The fraction of sp³-hybridized carbons (Fsp3) is 0.474. The molecule has 0 spiro atoms. The molecule has 0 N–H and O–H groups in total. The number of rotatable bonds is 5. The van der Waals surface area contributed by atoms with Crippen LogP contribution in [0.25, 0.3) is 0 Å². The molecule has 0 aliphatic carbocycles. The van der Waals surface area contributed by atoms with E-state index in [0.717, 1.165) is 56.4 Å². The summed E-state index contributed by atoms with van der Waals surface area (Å²) in [5, 5.41) is 0. The summed E-state index contributed by atoms with van der Waals surface area (Å²) in [6.45, 7) is 9.43. The van der Waals surface area contributed by atoms with E-state index in [1.165, 1.54) is 12.1 Å². The predicted molar refractivity (Wildman–Crippen MR) is 91.5 cm³/mol. The summed E-state index contributed by atoms with van der Waals surface area (Å²) in [7, 11) is 0. The summed E-state index contributed by atoms with van der Waals surface area (Å²) in [6.07, 6.45) is 1.11. The molecule has 1 aromatic carbocycles. The van der Waals surface area contributed by atoms with Crippen molar-refractivity contribution in [2.75, 3.05) is 37.6 Å². The molecule has 1 aliphatic rings. The zero-order valence-electron chi connectivity index (χ0n) is 14.0. The Kier molecular flexibility index (Phi) is 5.01. The van der Waals surface area contributed by atoms with Crippen LogP contribution in [0.1, 0.15) is 30.8 Å². The molecule has 1 atom stereocenters. The van der Waals surface area contributed by atoms with Crippen LogP contribution in [0, 0.1) is 12.7 Å². The van der Waals surface area contributed by atoms with Gasteiger partial charge in [-0.2, -0.15) is 0 Å². The van der Waals surface area contributed by atoms with E-state index < -0.39 is 0 Å². The first-order chi connectivity index (χ1) is 11.1. The van der Waals surface area contributed by atoms with E-state index in [-0.39, 0.29) is 5.82 Å². The minimum absolute atomic E-state index is 0.172. The van der Waals surface area contributed by atoms with Gasteiger partial charge in [-0.1, -0.05) is 6.92 Å². The second kappa shape index (κ2) is 7.18. The summed E-state index contributed by atoms with van der Waals surface area (Å²) in [5.41, 5.74) is 1.12. The third-order valence-electron chi connectivity index (χ3n) is 4.69. The number of aryl methyl sites for hydroxylation is 1. The normalized spacial score (nSPS) is 17.4. The topological polar surface area (TPSA) is 19.6 Å². The molecule has 1 fully saturated rings. The molecule has 1 aliphatic heterocycles. The van der Waals surface area contributed by atoms with Crippen LogP contribution >= 0.6 is 0 Å². The van der Waals surface area contributed by atoms with Gasteiger partial charge in [0.1, 0.15) is 17.3 Å². The Hall–Kier alpha value is -1.81. The molecule has 2 aromatic rings. The lowest BCUT2D eigenvalue weighted by Crippen LogP contribution is -2.46. The van der Waals surface area contributed by atoms with Crippen LogP contribution in [0.5, 0.6) is 0 Å². The monoisotopic (exact) mass is 316 g/mol. The highest BCUT2D eigenvalue weighted by Gasteiger charge is 2.18. The summed E-state index contributed by atoms with van der Waals surface area (Å²) < 4.78 is 18.7. The van der Waals surface area contributed by atoms with E-state index in [2.05, 4.69) is 22.8 Å². The van der Waals surface area contributed by atoms with Crippen LogP contribution in [0.4, 0.5) is 10.1 Å². The van der Waals surface area contributed by atoms with E-state index in [1.54, 1.807) is 0 Å². The second-order valence-electron chi connectivity index (χ2n) is 6.44. The lowest BCUT2D eigenvalue weighted by atomic mass is 10.0. The summed E-state index contributed by atoms with van der Waals surface area (Å²) >= 11 is 0. The smallest absolute Gasteiger partial charge is 0.123 e. The molecule has 1 saturated heterocycles. The van der Waals surface area contributed by atoms with E-state index in [4.69, 9.17) is 4.42 Å². The van der Waals surface area contributed by atoms with Gasteiger partial charge in [0.15, 0.2) is 0 Å². The third kappa shape index (κ3) is 4.14. The number of furan rings is 1. The first-order valence-electron chi connectivity index (χ1n) is 8.41. The molecule has 23 heavy (non-hydrogen) atoms. The maximum absolute atomic E-state index is 13.0. The molecule has 124 valence electrons. The van der Waals surface area contributed by atoms with Crippen molar-refractivity contribution in [3.05, 3.63) is 53.7 Å². The molecule has 2 heterocycles. The molecular weight excluding hydrogens is 291 g/mol. The minimum Gasteiger partial charge on any atom is -0.466 e. The van der Waals surface area contributed by atoms with Gasteiger partial charge in [0.05, 0.1) is 0 Å². The summed E-state index contributed by atoms with van der Waals surface area (Å²) in [5.74, 6) is 2.36. The van der Waals surface area contributed by atoms with Crippen LogP contribution in [0.2, 0.25) is 0 Å². The lowest BCUT2D eigenvalue weighted by molar-refractivity contribution is 0.246. The zero-order valence-corrected chi connectivity index (χ0v) is 14.0. The first-order valence-corrected chi connectivity index (χ1v) is 8.41. The molecule has 0 bridgehead atoms. The summed E-state index contributed by atoms with van der Waals surface area (Å²) in [6, 6.07) is 10.9. The van der Waals surface area contributed by atoms with Crippen molar-refractivity contribution in [1.82, 2.24) is 4.90 Å². The molecule has 4 heteroatoms. The average molecular weight is 316 g/mol. The Balaban J connectivity index is 1.45. The number of anilines is 1. The van der Waals surface area contributed by atoms with Crippen molar-refractivity contribution in [3.8, 4) is 0 Å². The number of nitrogens with zero attached hydrogens (tertiary/aromatic N) is 2. The maximum Gasteiger partial charge on any atom is 0.123 e. The number of hydrogen-bond acceptors (Lipinski definition) is 3. The van der Waals surface area contributed by atoms with Crippen molar-refractivity contribution in [2.45, 2.75) is 26.2 Å². The largest absolute Gasteiger partial charge is 0.466 e. The van der Waals surface area contributed by atoms with E-state index in [0.29, 0.717) is 5.92 Å². The first kappa shape index (κ1) is 16.1. The molecular formula is C19H25FN2O. The lowest BCUT2D eigenvalue weighted by Gasteiger charge is -2.36. The van der Waals surface area contributed by atoms with Gasteiger partial charge >= 0.3 is 0 Å². The highest BCUT2D eigenvalue weighted by atomic mass is 19.1. The Morgan fingerprint density at radius 2 is 1.74 bits per heavy atom. The van der Waals surface area contributed by atoms with Crippen LogP contribution < -0.4 is 4.90 Å². The molecule has 3 rings (SSSR count). The van der Waals surface area contributed by atoms with Crippen LogP contribution in [0.3, 0.4) is 0 Å². The standard InChI is InChI=1S/C19H25FN2O/c1-15(19-8-3-16(2)23-19)9-10-21-11-13-22(14-12-21)18-6-4-17(20)5-7-18/h3-8,15H,9-14H2,1-2H3/t15-/m1/s1. The van der Waals surface area contributed by atoms with Gasteiger partial charge in [-0.05, 0) is 56.3 Å². The Labute approximate surface area is 137 Å². The quantitative estimate of drug-likeness (QED) is 0.830. The molecule has 0 radical (unpaired) electrons. The average Bonchev–Trinajstić information content (AvgIpc) is 3.00. The van der Waals surface area contributed by atoms with Gasteiger partial charge in [-0.25, -0.2) is 4.39 Å². The number of halogens is 1. The molecule has 0 amide bonds. The van der Waals surface area contributed by atoms with Crippen molar-refractivity contribution in [1.29, 1.82) is 0 Å². The van der Waals surface area contributed by atoms with Gasteiger partial charge in [-0.3, -0.25) is 4.90 Å². The van der Waals surface area contributed by atoms with E-state index in [1.807, 2.05) is 25.1 Å². The van der Waals surface area contributed by atoms with Crippen LogP contribution in [0.15, 0.2) is 40.8 Å². The van der Waals surface area contributed by atoms with Gasteiger partial charge in [0.2, 0.25) is 0 Å². The highest BCUT2D eigenvalue weighted by Crippen LogP contribution is 2.22. The Morgan fingerprint density at radius 3 is 2.35 bits per heavy atom. The maximum atomic E-state index is 13.0. The van der Waals surface area contributed by atoms with Gasteiger partial charge in [0.25, 0.3) is 0 Å². The van der Waals surface area contributed by atoms with Crippen LogP contribution in [-0.2, 0) is 0 Å². The highest BCUT2D eigenvalue weighted by molar-refractivity contribution is 5.46. The third-order valence-corrected chi connectivity index (χ3v) is 4.69. The minimum atomic E-state index is -0.172. The van der Waals surface area contributed by atoms with Crippen molar-refractivity contribution >= 4 is 5.69 Å². The fourth-order valence-electron chi connectivity index (χ4n) is 3.12. The van der Waals surface area contributed by atoms with Gasteiger partial charge in [0, 0.05) is 37.8 Å². The Bertz CT molecular complexity index is 615. The van der Waals surface area contributed by atoms with Crippen molar-refractivity contribution in [3.63, 3.8) is 0 Å². The van der Waals surface area contributed by atoms with Crippen molar-refractivity contribution < 1.29 is 8.81 Å². The predicted octanol–water partition coefficient (Wildman–Crippen LogP) is 4.04. The van der Waals surface area contributed by atoms with Gasteiger partial charge < -0.3 is 9.32 Å². The Morgan fingerprint density at radius 1 is 1.04 bits per heavy atom. The zero-order chi connectivity index (χ0) is 16.2. The summed E-state index contributed by atoms with van der Waals surface area (Å²) in [4.78, 5) is 4.83. The van der Waals surface area contributed by atoms with Gasteiger partial charge in [-0.15, -0.1) is 0 Å². The number of piperazine rings is 1.